The lowest BCUT2D eigenvalue weighted by molar-refractivity contribution is 0.599. The Hall–Kier alpha value is -1.67. The fraction of sp³-hybridized carbons (Fsp3) is 0.267. The second-order valence-corrected chi connectivity index (χ2v) is 4.11. The van der Waals surface area contributed by atoms with Gasteiger partial charge in [-0.3, -0.25) is 4.98 Å². The summed E-state index contributed by atoms with van der Waals surface area (Å²) in [5.74, 6) is 0. The molecule has 0 aliphatic carbocycles. The third kappa shape index (κ3) is 2.71. The zero-order valence-corrected chi connectivity index (χ0v) is 10.4. The van der Waals surface area contributed by atoms with Gasteiger partial charge >= 0.3 is 0 Å². The van der Waals surface area contributed by atoms with Gasteiger partial charge < -0.3 is 5.32 Å². The standard InChI is InChI=1S/C15H18N2/c1-3-17-12(2)14-8-4-5-9-15(14)13-7-6-10-16-11-13/h4-12,17H,3H2,1-2H3. The van der Waals surface area contributed by atoms with Crippen LogP contribution in [0.2, 0.25) is 0 Å². The van der Waals surface area contributed by atoms with Gasteiger partial charge in [0.25, 0.3) is 0 Å². The van der Waals surface area contributed by atoms with Crippen LogP contribution in [0.15, 0.2) is 48.8 Å². The van der Waals surface area contributed by atoms with E-state index in [1.54, 1.807) is 6.20 Å². The highest BCUT2D eigenvalue weighted by Gasteiger charge is 2.10. The van der Waals surface area contributed by atoms with Gasteiger partial charge in [0, 0.05) is 24.0 Å². The Morgan fingerprint density at radius 1 is 1.18 bits per heavy atom. The van der Waals surface area contributed by atoms with Crippen molar-refractivity contribution in [2.45, 2.75) is 19.9 Å². The summed E-state index contributed by atoms with van der Waals surface area (Å²) in [6.07, 6.45) is 3.72. The smallest absolute Gasteiger partial charge is 0.0346 e. The van der Waals surface area contributed by atoms with E-state index in [-0.39, 0.29) is 0 Å². The van der Waals surface area contributed by atoms with Crippen molar-refractivity contribution in [2.75, 3.05) is 6.54 Å². The van der Waals surface area contributed by atoms with Crippen LogP contribution < -0.4 is 5.32 Å². The van der Waals surface area contributed by atoms with Gasteiger partial charge in [0.2, 0.25) is 0 Å². The third-order valence-electron chi connectivity index (χ3n) is 2.91. The van der Waals surface area contributed by atoms with Crippen LogP contribution in [-0.4, -0.2) is 11.5 Å². The predicted octanol–water partition coefficient (Wildman–Crippen LogP) is 3.42. The van der Waals surface area contributed by atoms with E-state index >= 15 is 0 Å². The molecule has 0 spiro atoms. The first-order valence-electron chi connectivity index (χ1n) is 6.05. The number of pyridine rings is 1. The molecule has 1 unspecified atom stereocenters. The van der Waals surface area contributed by atoms with Crippen LogP contribution >= 0.6 is 0 Å². The van der Waals surface area contributed by atoms with Crippen molar-refractivity contribution in [1.82, 2.24) is 10.3 Å². The van der Waals surface area contributed by atoms with Gasteiger partial charge in [-0.15, -0.1) is 0 Å². The maximum Gasteiger partial charge on any atom is 0.0346 e. The Bertz CT molecular complexity index is 465. The van der Waals surface area contributed by atoms with E-state index < -0.39 is 0 Å². The molecular formula is C15H18N2. The summed E-state index contributed by atoms with van der Waals surface area (Å²) in [6, 6.07) is 12.9. The van der Waals surface area contributed by atoms with E-state index in [0.717, 1.165) is 6.54 Å². The van der Waals surface area contributed by atoms with Gasteiger partial charge in [0.05, 0.1) is 0 Å². The Labute approximate surface area is 103 Å². The Morgan fingerprint density at radius 2 is 2.00 bits per heavy atom. The Kier molecular flexibility index (Phi) is 3.89. The van der Waals surface area contributed by atoms with Crippen molar-refractivity contribution in [2.24, 2.45) is 0 Å². The van der Waals surface area contributed by atoms with Crippen LogP contribution in [0.4, 0.5) is 0 Å². The monoisotopic (exact) mass is 226 g/mol. The number of nitrogens with zero attached hydrogens (tertiary/aromatic N) is 1. The zero-order chi connectivity index (χ0) is 12.1. The number of rotatable bonds is 4. The highest BCUT2D eigenvalue weighted by molar-refractivity contribution is 5.66. The molecular weight excluding hydrogens is 208 g/mol. The van der Waals surface area contributed by atoms with Gasteiger partial charge in [-0.2, -0.15) is 0 Å². The van der Waals surface area contributed by atoms with Crippen molar-refractivity contribution in [3.05, 3.63) is 54.4 Å². The summed E-state index contributed by atoms with van der Waals surface area (Å²) >= 11 is 0. The van der Waals surface area contributed by atoms with Crippen molar-refractivity contribution >= 4 is 0 Å². The van der Waals surface area contributed by atoms with Gasteiger partial charge in [-0.05, 0) is 30.7 Å². The fourth-order valence-corrected chi connectivity index (χ4v) is 2.08. The van der Waals surface area contributed by atoms with Gasteiger partial charge in [-0.1, -0.05) is 37.3 Å². The van der Waals surface area contributed by atoms with Gasteiger partial charge in [0.1, 0.15) is 0 Å². The minimum atomic E-state index is 0.358. The van der Waals surface area contributed by atoms with Crippen molar-refractivity contribution in [3.8, 4) is 11.1 Å². The molecule has 2 aromatic rings. The number of hydrogen-bond donors (Lipinski definition) is 1. The largest absolute Gasteiger partial charge is 0.310 e. The van der Waals surface area contributed by atoms with Crippen LogP contribution in [-0.2, 0) is 0 Å². The molecule has 1 heterocycles. The first kappa shape index (κ1) is 11.8. The first-order chi connectivity index (χ1) is 8.33. The van der Waals surface area contributed by atoms with Gasteiger partial charge in [-0.25, -0.2) is 0 Å². The zero-order valence-electron chi connectivity index (χ0n) is 10.4. The van der Waals surface area contributed by atoms with E-state index in [1.165, 1.54) is 16.7 Å². The minimum absolute atomic E-state index is 0.358. The third-order valence-corrected chi connectivity index (χ3v) is 2.91. The molecule has 1 N–H and O–H groups in total. The number of aromatic nitrogens is 1. The normalized spacial score (nSPS) is 12.4. The lowest BCUT2D eigenvalue weighted by Gasteiger charge is -2.17. The molecule has 0 saturated heterocycles. The van der Waals surface area contributed by atoms with Crippen molar-refractivity contribution in [3.63, 3.8) is 0 Å². The fourth-order valence-electron chi connectivity index (χ4n) is 2.08. The molecule has 2 nitrogen and oxygen atoms in total. The molecule has 0 bridgehead atoms. The molecule has 0 radical (unpaired) electrons. The minimum Gasteiger partial charge on any atom is -0.310 e. The molecule has 1 aromatic heterocycles. The second-order valence-electron chi connectivity index (χ2n) is 4.11. The molecule has 0 saturated carbocycles. The highest BCUT2D eigenvalue weighted by atomic mass is 14.9. The second kappa shape index (κ2) is 5.60. The van der Waals surface area contributed by atoms with Crippen LogP contribution in [0.25, 0.3) is 11.1 Å². The molecule has 1 atom stereocenters. The van der Waals surface area contributed by atoms with Crippen LogP contribution in [0.1, 0.15) is 25.5 Å². The Morgan fingerprint density at radius 3 is 2.71 bits per heavy atom. The maximum atomic E-state index is 4.19. The lowest BCUT2D eigenvalue weighted by Crippen LogP contribution is -2.18. The van der Waals surface area contributed by atoms with E-state index in [9.17, 15) is 0 Å². The van der Waals surface area contributed by atoms with Crippen molar-refractivity contribution in [1.29, 1.82) is 0 Å². The summed E-state index contributed by atoms with van der Waals surface area (Å²) in [4.78, 5) is 4.19. The topological polar surface area (TPSA) is 24.9 Å². The molecule has 88 valence electrons. The number of nitrogens with one attached hydrogen (secondary N) is 1. The summed E-state index contributed by atoms with van der Waals surface area (Å²) in [5, 5.41) is 3.45. The molecule has 2 rings (SSSR count). The average Bonchev–Trinajstić information content (AvgIpc) is 2.40. The van der Waals surface area contributed by atoms with E-state index in [1.807, 2.05) is 12.3 Å². The van der Waals surface area contributed by atoms with Gasteiger partial charge in [0.15, 0.2) is 0 Å². The lowest BCUT2D eigenvalue weighted by atomic mass is 9.96. The van der Waals surface area contributed by atoms with Crippen LogP contribution in [0, 0.1) is 0 Å². The molecule has 2 heteroatoms. The summed E-state index contributed by atoms with van der Waals surface area (Å²) < 4.78 is 0. The maximum absolute atomic E-state index is 4.19. The van der Waals surface area contributed by atoms with E-state index in [4.69, 9.17) is 0 Å². The average molecular weight is 226 g/mol. The predicted molar refractivity (Wildman–Crippen MR) is 71.8 cm³/mol. The number of benzene rings is 1. The quantitative estimate of drug-likeness (QED) is 0.864. The molecule has 1 aromatic carbocycles. The van der Waals surface area contributed by atoms with Crippen molar-refractivity contribution < 1.29 is 0 Å². The van der Waals surface area contributed by atoms with Crippen LogP contribution in [0.3, 0.4) is 0 Å². The highest BCUT2D eigenvalue weighted by Crippen LogP contribution is 2.27. The van der Waals surface area contributed by atoms with Crippen LogP contribution in [0.5, 0.6) is 0 Å². The number of hydrogen-bond acceptors (Lipinski definition) is 2. The molecule has 0 aliphatic rings. The molecule has 0 aliphatic heterocycles. The molecule has 0 amide bonds. The summed E-state index contributed by atoms with van der Waals surface area (Å²) in [5.41, 5.74) is 3.75. The Balaban J connectivity index is 2.41. The SMILES string of the molecule is CCNC(C)c1ccccc1-c1cccnc1. The summed E-state index contributed by atoms with van der Waals surface area (Å²) in [7, 11) is 0. The first-order valence-corrected chi connectivity index (χ1v) is 6.05. The molecule has 0 fully saturated rings. The van der Waals surface area contributed by atoms with E-state index in [2.05, 4.69) is 54.5 Å². The molecule has 17 heavy (non-hydrogen) atoms. The summed E-state index contributed by atoms with van der Waals surface area (Å²) in [6.45, 7) is 5.30. The van der Waals surface area contributed by atoms with E-state index in [0.29, 0.717) is 6.04 Å².